The van der Waals surface area contributed by atoms with Crippen molar-refractivity contribution in [2.75, 3.05) is 17.7 Å². The summed E-state index contributed by atoms with van der Waals surface area (Å²) < 4.78 is 5.11. The Hall–Kier alpha value is -3.97. The van der Waals surface area contributed by atoms with E-state index in [1.807, 2.05) is 49.4 Å². The van der Waals surface area contributed by atoms with Crippen molar-refractivity contribution in [1.29, 1.82) is 0 Å². The number of hydrogen-bond acceptors (Lipinski definition) is 4. The van der Waals surface area contributed by atoms with Crippen molar-refractivity contribution in [3.8, 4) is 5.75 Å². The Morgan fingerprint density at radius 2 is 1.59 bits per heavy atom. The van der Waals surface area contributed by atoms with E-state index in [4.69, 9.17) is 17.0 Å². The highest BCUT2D eigenvalue weighted by Gasteiger charge is 2.09. The van der Waals surface area contributed by atoms with Crippen LogP contribution in [0, 0.1) is 6.92 Å². The highest BCUT2D eigenvalue weighted by atomic mass is 32.1. The summed E-state index contributed by atoms with van der Waals surface area (Å²) in [5, 5.41) is 8.57. The van der Waals surface area contributed by atoms with Crippen LogP contribution in [0.1, 0.15) is 21.5 Å². The van der Waals surface area contributed by atoms with Crippen LogP contribution in [0.15, 0.2) is 78.9 Å². The second kappa shape index (κ2) is 10.9. The third kappa shape index (κ3) is 6.52. The molecule has 0 spiro atoms. The molecular weight excluding hydrogens is 422 g/mol. The monoisotopic (exact) mass is 445 g/mol. The molecule has 3 aromatic carbocycles. The van der Waals surface area contributed by atoms with E-state index in [1.54, 1.807) is 43.5 Å². The topological polar surface area (TPSA) is 79.5 Å². The number of anilines is 2. The third-order valence-electron chi connectivity index (χ3n) is 4.55. The number of amides is 2. The number of hydrogen-bond donors (Lipinski definition) is 3. The largest absolute Gasteiger partial charge is 0.497 e. The summed E-state index contributed by atoms with van der Waals surface area (Å²) >= 11 is 5.22. The molecule has 162 valence electrons. The van der Waals surface area contributed by atoms with Gasteiger partial charge in [-0.25, -0.2) is 0 Å². The van der Waals surface area contributed by atoms with Crippen LogP contribution >= 0.6 is 12.2 Å². The highest BCUT2D eigenvalue weighted by Crippen LogP contribution is 2.17. The van der Waals surface area contributed by atoms with Crippen LogP contribution in [0.3, 0.4) is 0 Å². The predicted molar refractivity (Wildman–Crippen MR) is 132 cm³/mol. The van der Waals surface area contributed by atoms with Crippen molar-refractivity contribution in [2.45, 2.75) is 6.92 Å². The average Bonchev–Trinajstić information content (AvgIpc) is 2.78. The standard InChI is InChI=1S/C25H23N3O3S/c1-17-6-3-4-9-22(17)24(30)26-19-7-5-8-20(16-19)27-25(32)28-23(29)15-12-18-10-13-21(31-2)14-11-18/h3-16H,1-2H3,(H,26,30)(H2,27,28,29,32)/b15-12+. The van der Waals surface area contributed by atoms with Gasteiger partial charge in [0, 0.05) is 23.0 Å². The number of carbonyl (C=O) groups is 2. The van der Waals surface area contributed by atoms with Gasteiger partial charge < -0.3 is 15.4 Å². The molecule has 0 atom stereocenters. The van der Waals surface area contributed by atoms with Crippen LogP contribution in [0.5, 0.6) is 5.75 Å². The molecule has 7 heteroatoms. The zero-order valence-corrected chi connectivity index (χ0v) is 18.5. The fourth-order valence-corrected chi connectivity index (χ4v) is 3.12. The number of benzene rings is 3. The molecule has 3 N–H and O–H groups in total. The summed E-state index contributed by atoms with van der Waals surface area (Å²) in [7, 11) is 1.60. The Balaban J connectivity index is 1.55. The van der Waals surface area contributed by atoms with Gasteiger partial charge in [0.15, 0.2) is 5.11 Å². The second-order valence-electron chi connectivity index (χ2n) is 6.90. The zero-order valence-electron chi connectivity index (χ0n) is 17.7. The van der Waals surface area contributed by atoms with Gasteiger partial charge in [0.25, 0.3) is 5.91 Å². The molecule has 3 rings (SSSR count). The summed E-state index contributed by atoms with van der Waals surface area (Å²) in [6, 6.07) is 21.8. The van der Waals surface area contributed by atoms with Crippen molar-refractivity contribution >= 4 is 46.6 Å². The summed E-state index contributed by atoms with van der Waals surface area (Å²) in [6.45, 7) is 1.89. The zero-order chi connectivity index (χ0) is 22.9. The SMILES string of the molecule is COc1ccc(/C=C/C(=O)NC(=S)Nc2cccc(NC(=O)c3ccccc3C)c2)cc1. The van der Waals surface area contributed by atoms with E-state index < -0.39 is 0 Å². The molecule has 3 aromatic rings. The molecule has 0 fully saturated rings. The molecule has 0 radical (unpaired) electrons. The van der Waals surface area contributed by atoms with Gasteiger partial charge in [0.05, 0.1) is 7.11 Å². The Labute approximate surface area is 192 Å². The lowest BCUT2D eigenvalue weighted by Gasteiger charge is -2.11. The predicted octanol–water partition coefficient (Wildman–Crippen LogP) is 4.78. The molecule has 0 unspecified atom stereocenters. The average molecular weight is 446 g/mol. The fraction of sp³-hybridized carbons (Fsp3) is 0.0800. The van der Waals surface area contributed by atoms with Crippen LogP contribution in [0.4, 0.5) is 11.4 Å². The lowest BCUT2D eigenvalue weighted by Crippen LogP contribution is -2.32. The maximum absolute atomic E-state index is 12.5. The number of aryl methyl sites for hydroxylation is 1. The molecule has 0 aromatic heterocycles. The Morgan fingerprint density at radius 1 is 0.906 bits per heavy atom. The van der Waals surface area contributed by atoms with Crippen molar-refractivity contribution < 1.29 is 14.3 Å². The first-order valence-corrected chi connectivity index (χ1v) is 10.3. The molecule has 0 bridgehead atoms. The van der Waals surface area contributed by atoms with E-state index in [2.05, 4.69) is 16.0 Å². The van der Waals surface area contributed by atoms with E-state index in [1.165, 1.54) is 6.08 Å². The summed E-state index contributed by atoms with van der Waals surface area (Å²) in [5.41, 5.74) is 3.61. The maximum atomic E-state index is 12.5. The first-order chi connectivity index (χ1) is 15.4. The quantitative estimate of drug-likeness (QED) is 0.376. The maximum Gasteiger partial charge on any atom is 0.255 e. The normalized spacial score (nSPS) is 10.4. The minimum atomic E-state index is -0.359. The van der Waals surface area contributed by atoms with Gasteiger partial charge in [-0.1, -0.05) is 36.4 Å². The van der Waals surface area contributed by atoms with E-state index in [-0.39, 0.29) is 16.9 Å². The van der Waals surface area contributed by atoms with Crippen LogP contribution in [0.2, 0.25) is 0 Å². The number of ether oxygens (including phenoxy) is 1. The second-order valence-corrected chi connectivity index (χ2v) is 7.31. The number of thiocarbonyl (C=S) groups is 1. The van der Waals surface area contributed by atoms with Gasteiger partial charge in [-0.2, -0.15) is 0 Å². The summed E-state index contributed by atoms with van der Waals surface area (Å²) in [4.78, 5) is 24.6. The van der Waals surface area contributed by atoms with Gasteiger partial charge in [-0.15, -0.1) is 0 Å². The lowest BCUT2D eigenvalue weighted by molar-refractivity contribution is -0.115. The lowest BCUT2D eigenvalue weighted by atomic mass is 10.1. The minimum Gasteiger partial charge on any atom is -0.497 e. The van der Waals surface area contributed by atoms with Gasteiger partial charge in [-0.05, 0) is 72.7 Å². The number of nitrogens with one attached hydrogen (secondary N) is 3. The molecule has 2 amide bonds. The van der Waals surface area contributed by atoms with E-state index >= 15 is 0 Å². The van der Waals surface area contributed by atoms with Crippen molar-refractivity contribution in [2.24, 2.45) is 0 Å². The van der Waals surface area contributed by atoms with E-state index in [0.29, 0.717) is 16.9 Å². The molecular formula is C25H23N3O3S. The smallest absolute Gasteiger partial charge is 0.255 e. The highest BCUT2D eigenvalue weighted by molar-refractivity contribution is 7.80. The van der Waals surface area contributed by atoms with E-state index in [0.717, 1.165) is 16.9 Å². The molecule has 0 aliphatic heterocycles. The molecule has 0 heterocycles. The van der Waals surface area contributed by atoms with Gasteiger partial charge in [0.2, 0.25) is 5.91 Å². The minimum absolute atomic E-state index is 0.150. The summed E-state index contributed by atoms with van der Waals surface area (Å²) in [5.74, 6) is 0.191. The summed E-state index contributed by atoms with van der Waals surface area (Å²) in [6.07, 6.45) is 3.08. The van der Waals surface area contributed by atoms with Crippen molar-refractivity contribution in [3.63, 3.8) is 0 Å². The molecule has 32 heavy (non-hydrogen) atoms. The molecule has 0 saturated carbocycles. The number of methoxy groups -OCH3 is 1. The third-order valence-corrected chi connectivity index (χ3v) is 4.75. The van der Waals surface area contributed by atoms with Gasteiger partial charge >= 0.3 is 0 Å². The van der Waals surface area contributed by atoms with Gasteiger partial charge in [-0.3, -0.25) is 14.9 Å². The Kier molecular flexibility index (Phi) is 7.72. The van der Waals surface area contributed by atoms with Crippen LogP contribution in [-0.4, -0.2) is 24.0 Å². The van der Waals surface area contributed by atoms with E-state index in [9.17, 15) is 9.59 Å². The number of rotatable bonds is 6. The first kappa shape index (κ1) is 22.7. The Bertz CT molecular complexity index is 1160. The first-order valence-electron chi connectivity index (χ1n) is 9.86. The molecule has 6 nitrogen and oxygen atoms in total. The molecule has 0 aliphatic carbocycles. The Morgan fingerprint density at radius 3 is 2.28 bits per heavy atom. The fourth-order valence-electron chi connectivity index (χ4n) is 2.90. The molecule has 0 saturated heterocycles. The van der Waals surface area contributed by atoms with Crippen LogP contribution in [-0.2, 0) is 4.79 Å². The van der Waals surface area contributed by atoms with Crippen LogP contribution < -0.4 is 20.7 Å². The van der Waals surface area contributed by atoms with Crippen LogP contribution in [0.25, 0.3) is 6.08 Å². The number of carbonyl (C=O) groups excluding carboxylic acids is 2. The molecule has 0 aliphatic rings. The van der Waals surface area contributed by atoms with Gasteiger partial charge in [0.1, 0.15) is 5.75 Å². The van der Waals surface area contributed by atoms with Crippen molar-refractivity contribution in [3.05, 3.63) is 95.6 Å². The van der Waals surface area contributed by atoms with Crippen molar-refractivity contribution in [1.82, 2.24) is 5.32 Å².